The molecule has 1 aliphatic rings. The summed E-state index contributed by atoms with van der Waals surface area (Å²) in [4.78, 5) is 142. The molecule has 5 aromatic rings. The average Bonchev–Trinajstić information content (AvgIpc) is 3.82. The van der Waals surface area contributed by atoms with Crippen molar-refractivity contribution in [2.45, 2.75) is 69.9 Å². The molecule has 0 radical (unpaired) electrons. The van der Waals surface area contributed by atoms with Gasteiger partial charge in [0.25, 0.3) is 5.56 Å². The largest absolute Gasteiger partial charge is 0.513 e. The number of anilines is 2. The van der Waals surface area contributed by atoms with E-state index in [2.05, 4.69) is 30.6 Å². The summed E-state index contributed by atoms with van der Waals surface area (Å²) >= 11 is 6.25. The number of ketones is 2. The van der Waals surface area contributed by atoms with Crippen LogP contribution in [-0.2, 0) is 51.1 Å². The molecular weight excluding hydrogens is 1070 g/mol. The second-order valence-corrected chi connectivity index (χ2v) is 20.7. The van der Waals surface area contributed by atoms with Crippen LogP contribution in [0, 0.1) is 11.8 Å². The summed E-state index contributed by atoms with van der Waals surface area (Å²) in [7, 11) is 2.18. The molecule has 0 saturated carbocycles. The lowest BCUT2D eigenvalue weighted by Crippen LogP contribution is -2.53. The molecule has 27 heteroatoms. The number of halogens is 1. The van der Waals surface area contributed by atoms with E-state index in [1.54, 1.807) is 47.4 Å². The molecule has 2 aromatic heterocycles. The third kappa shape index (κ3) is 16.2. The fraction of sp³-hybridized carbons (Fsp3) is 0.380. The summed E-state index contributed by atoms with van der Waals surface area (Å²) in [5, 5.41) is 35.2. The van der Waals surface area contributed by atoms with E-state index in [0.29, 0.717) is 36.2 Å². The summed E-state index contributed by atoms with van der Waals surface area (Å²) in [6.45, 7) is 1.16. The number of rotatable bonds is 28. The molecule has 3 amide bonds. The molecule has 6 rings (SSSR count). The zero-order valence-corrected chi connectivity index (χ0v) is 43.6. The maximum atomic E-state index is 13.3. The van der Waals surface area contributed by atoms with E-state index < -0.39 is 103 Å². The zero-order chi connectivity index (χ0) is 55.9. The number of hydrogen-bond acceptors (Lipinski definition) is 19. The van der Waals surface area contributed by atoms with Crippen LogP contribution in [0.5, 0.6) is 5.75 Å². The molecular formula is C50H54ClN9O15S2. The first-order valence-electron chi connectivity index (χ1n) is 23.9. The highest BCUT2D eigenvalue weighted by atomic mass is 35.5. The maximum absolute atomic E-state index is 13.3. The Kier molecular flexibility index (Phi) is 20.8. The fourth-order valence-electron chi connectivity index (χ4n) is 8.28. The van der Waals surface area contributed by atoms with Crippen molar-refractivity contribution in [3.8, 4) is 5.75 Å². The van der Waals surface area contributed by atoms with Gasteiger partial charge in [-0.25, -0.2) is 14.8 Å². The van der Waals surface area contributed by atoms with E-state index in [1.165, 1.54) is 13.1 Å². The Morgan fingerprint density at radius 1 is 0.922 bits per heavy atom. The van der Waals surface area contributed by atoms with Crippen molar-refractivity contribution in [1.82, 2.24) is 30.6 Å². The number of amides is 3. The number of H-pyrrole nitrogens is 1. The van der Waals surface area contributed by atoms with Crippen LogP contribution in [0.15, 0.2) is 65.6 Å². The van der Waals surface area contributed by atoms with Gasteiger partial charge in [0.15, 0.2) is 22.7 Å². The number of Topliss-reactive ketones (excluding diaryl/α,β-unsaturated/α-hetero) is 2. The fourth-order valence-corrected chi connectivity index (χ4v) is 10.7. The first-order chi connectivity index (χ1) is 36.7. The number of hydrogen-bond donors (Lipinski definition) is 8. The maximum Gasteiger partial charge on any atom is 0.513 e. The Labute approximate surface area is 451 Å². The van der Waals surface area contributed by atoms with Crippen molar-refractivity contribution in [3.05, 3.63) is 93.5 Å². The summed E-state index contributed by atoms with van der Waals surface area (Å²) in [6, 6.07) is 12.1. The van der Waals surface area contributed by atoms with Crippen LogP contribution < -0.4 is 37.3 Å². The minimum Gasteiger partial charge on any atom is -0.481 e. The minimum atomic E-state index is -1.68. The second kappa shape index (κ2) is 27.4. The molecule has 77 heavy (non-hydrogen) atoms. The lowest BCUT2D eigenvalue weighted by molar-refractivity contribution is -0.144. The molecule has 408 valence electrons. The molecule has 24 nitrogen and oxygen atoms in total. The SMILES string of the molecule is CC(=O)N1CC(CCl)c2c1cc(OC(=O)OCCSSCC(CC(=O)C(CC(=O)O)NC(=O)C(N)CNC(=O)CCC(CC(=O)c1ccc(CCc3cnc4nc(N)[nH]c(=O)c4n3)cc1)C(=O)O)C(=O)O)c1ccccc21. The van der Waals surface area contributed by atoms with Crippen molar-refractivity contribution in [2.75, 3.05) is 47.7 Å². The number of fused-ring (bicyclic) bond motifs is 4. The summed E-state index contributed by atoms with van der Waals surface area (Å²) in [5.74, 6) is -9.78. The Morgan fingerprint density at radius 2 is 1.64 bits per heavy atom. The zero-order valence-electron chi connectivity index (χ0n) is 41.2. The predicted molar refractivity (Wildman–Crippen MR) is 284 cm³/mol. The van der Waals surface area contributed by atoms with Gasteiger partial charge in [-0.1, -0.05) is 70.1 Å². The molecule has 1 aliphatic heterocycles. The Bertz CT molecular complexity index is 3130. The van der Waals surface area contributed by atoms with Crippen LogP contribution in [0.4, 0.5) is 16.4 Å². The quantitative estimate of drug-likeness (QED) is 0.00885. The van der Waals surface area contributed by atoms with Crippen molar-refractivity contribution >= 4 is 120 Å². The molecule has 0 spiro atoms. The molecule has 0 saturated heterocycles. The average molecular weight is 1120 g/mol. The Morgan fingerprint density at radius 3 is 2.31 bits per heavy atom. The van der Waals surface area contributed by atoms with Crippen molar-refractivity contribution in [3.63, 3.8) is 0 Å². The number of aryl methyl sites for hydroxylation is 2. The lowest BCUT2D eigenvalue weighted by atomic mass is 9.93. The first kappa shape index (κ1) is 58.6. The number of carboxylic acid groups (broad SMARTS) is 3. The van der Waals surface area contributed by atoms with Crippen molar-refractivity contribution in [1.29, 1.82) is 0 Å². The number of ether oxygens (including phenoxy) is 2. The number of nitrogens with zero attached hydrogens (tertiary/aromatic N) is 4. The Hall–Kier alpha value is -7.68. The molecule has 0 aliphatic carbocycles. The van der Waals surface area contributed by atoms with Gasteiger partial charge < -0.3 is 51.8 Å². The van der Waals surface area contributed by atoms with E-state index in [-0.39, 0.29) is 77.1 Å². The smallest absolute Gasteiger partial charge is 0.481 e. The van der Waals surface area contributed by atoms with Crippen molar-refractivity contribution in [2.24, 2.45) is 17.6 Å². The van der Waals surface area contributed by atoms with Crippen molar-refractivity contribution < 1.29 is 67.9 Å². The molecule has 10 N–H and O–H groups in total. The van der Waals surface area contributed by atoms with Gasteiger partial charge in [0.1, 0.15) is 18.4 Å². The van der Waals surface area contributed by atoms with Crippen LogP contribution in [0.3, 0.4) is 0 Å². The Balaban J connectivity index is 0.900. The number of benzene rings is 3. The standard InChI is InChI=1S/C50H54ClN9O15S2/c1-25(61)60-23-30(20-51)42-33-5-3-2-4-32(33)39(19-36(42)60)75-50(73)74-14-15-76-77-24-29(48(71)72)17-38(63)35(18-41(65)66)57-45(67)34(52)22-54-40(64)13-11-28(47(69)70)16-37(62)27-9-6-26(7-10-27)8-12-31-21-55-44-43(56-31)46(68)59-49(53)58-44/h2-7,9-10,19,21,28-30,34-35H,8,11-18,20,22-24,52H2,1H3,(H,54,64)(H,57,67)(H,65,66)(H,69,70)(H,71,72)(H3,53,55,58,59,68). The number of aliphatic carboxylic acids is 3. The monoisotopic (exact) mass is 1120 g/mol. The highest BCUT2D eigenvalue weighted by Gasteiger charge is 2.34. The van der Waals surface area contributed by atoms with Crippen LogP contribution in [0.2, 0.25) is 0 Å². The lowest BCUT2D eigenvalue weighted by Gasteiger charge is -2.21. The number of aromatic amines is 1. The topological polar surface area (TPSA) is 384 Å². The summed E-state index contributed by atoms with van der Waals surface area (Å²) in [6.07, 6.45) is -1.28. The number of carbonyl (C=O) groups excluding carboxylic acids is 6. The van der Waals surface area contributed by atoms with Gasteiger partial charge in [0.2, 0.25) is 23.7 Å². The number of nitrogens with one attached hydrogen (secondary N) is 3. The third-order valence-electron chi connectivity index (χ3n) is 12.3. The second-order valence-electron chi connectivity index (χ2n) is 17.8. The van der Waals surface area contributed by atoms with E-state index in [9.17, 15) is 63.3 Å². The van der Waals surface area contributed by atoms with Crippen LogP contribution >= 0.6 is 33.2 Å². The predicted octanol–water partition coefficient (Wildman–Crippen LogP) is 3.64. The van der Waals surface area contributed by atoms with Gasteiger partial charge in [-0.15, -0.1) is 11.6 Å². The van der Waals surface area contributed by atoms with Gasteiger partial charge in [0, 0.05) is 79.6 Å². The molecule has 0 fully saturated rings. The molecule has 5 unspecified atom stereocenters. The third-order valence-corrected chi connectivity index (χ3v) is 15.1. The normalized spacial score (nSPS) is 14.4. The van der Waals surface area contributed by atoms with Gasteiger partial charge in [-0.2, -0.15) is 4.98 Å². The van der Waals surface area contributed by atoms with Crippen LogP contribution in [0.25, 0.3) is 21.9 Å². The molecule has 3 aromatic carbocycles. The summed E-state index contributed by atoms with van der Waals surface area (Å²) < 4.78 is 10.8. The van der Waals surface area contributed by atoms with Gasteiger partial charge in [-0.05, 0) is 35.8 Å². The molecule has 0 bridgehead atoms. The van der Waals surface area contributed by atoms with Crippen LogP contribution in [0.1, 0.15) is 72.1 Å². The van der Waals surface area contributed by atoms with E-state index in [1.807, 2.05) is 12.1 Å². The number of nitrogen functional groups attached to an aromatic ring is 1. The highest BCUT2D eigenvalue weighted by Crippen LogP contribution is 2.45. The number of carboxylic acids is 3. The number of alkyl halides is 1. The number of nitrogens with two attached hydrogens (primary N) is 2. The first-order valence-corrected chi connectivity index (χ1v) is 26.9. The highest BCUT2D eigenvalue weighted by molar-refractivity contribution is 8.76. The minimum absolute atomic E-state index is 0.0439. The van der Waals surface area contributed by atoms with E-state index in [0.717, 1.165) is 38.1 Å². The van der Waals surface area contributed by atoms with Gasteiger partial charge in [0.05, 0.1) is 41.9 Å². The molecule has 3 heterocycles. The number of aromatic nitrogens is 4. The van der Waals surface area contributed by atoms with Crippen LogP contribution in [-0.4, -0.2) is 138 Å². The number of carbonyl (C=O) groups is 9. The van der Waals surface area contributed by atoms with E-state index in [4.69, 9.17) is 32.5 Å². The molecule has 5 atom stereocenters. The van der Waals surface area contributed by atoms with E-state index >= 15 is 0 Å². The van der Waals surface area contributed by atoms with Gasteiger partial charge >= 0.3 is 24.1 Å². The summed E-state index contributed by atoms with van der Waals surface area (Å²) in [5.41, 5.74) is 14.2. The van der Waals surface area contributed by atoms with Gasteiger partial charge in [-0.3, -0.25) is 48.1 Å².